The van der Waals surface area contributed by atoms with Gasteiger partial charge in [-0.05, 0) is 46.5 Å². The van der Waals surface area contributed by atoms with Gasteiger partial charge in [0.25, 0.3) is 0 Å². The van der Waals surface area contributed by atoms with Gasteiger partial charge >= 0.3 is 0 Å². The average molecular weight is 387 g/mol. The van der Waals surface area contributed by atoms with Crippen LogP contribution >= 0.6 is 0 Å². The van der Waals surface area contributed by atoms with Crippen molar-refractivity contribution in [2.24, 2.45) is 0 Å². The summed E-state index contributed by atoms with van der Waals surface area (Å²) in [6.07, 6.45) is 1.75. The highest BCUT2D eigenvalue weighted by atomic mass is 16.5. The molecule has 0 spiro atoms. The summed E-state index contributed by atoms with van der Waals surface area (Å²) in [5.41, 5.74) is 4.68. The first-order chi connectivity index (χ1) is 13.7. The van der Waals surface area contributed by atoms with Gasteiger partial charge < -0.3 is 9.84 Å². The van der Waals surface area contributed by atoms with E-state index in [0.29, 0.717) is 12.4 Å². The Labute approximate surface area is 174 Å². The Bertz CT molecular complexity index is 947. The highest BCUT2D eigenvalue weighted by Crippen LogP contribution is 2.36. The van der Waals surface area contributed by atoms with Crippen molar-refractivity contribution < 1.29 is 9.84 Å². The molecule has 3 aromatic carbocycles. The third-order valence-electron chi connectivity index (χ3n) is 5.86. The largest absolute Gasteiger partial charge is 0.508 e. The summed E-state index contributed by atoms with van der Waals surface area (Å²) in [5, 5.41) is 9.57. The Morgan fingerprint density at radius 2 is 1.03 bits per heavy atom. The first kappa shape index (κ1) is 20.7. The smallest absolute Gasteiger partial charge is 0.119 e. The van der Waals surface area contributed by atoms with Crippen molar-refractivity contribution in [3.8, 4) is 11.5 Å². The Kier molecular flexibility index (Phi) is 5.83. The van der Waals surface area contributed by atoms with E-state index >= 15 is 0 Å². The highest BCUT2D eigenvalue weighted by molar-refractivity contribution is 5.44. The van der Waals surface area contributed by atoms with E-state index in [1.807, 2.05) is 24.3 Å². The molecule has 0 heterocycles. The molecule has 0 saturated carbocycles. The zero-order valence-electron chi connectivity index (χ0n) is 17.8. The molecule has 0 aliphatic carbocycles. The Balaban J connectivity index is 1.84. The Morgan fingerprint density at radius 3 is 1.41 bits per heavy atom. The molecule has 2 nitrogen and oxygen atoms in total. The first-order valence-corrected chi connectivity index (χ1v) is 10.00. The van der Waals surface area contributed by atoms with Gasteiger partial charge in [0.15, 0.2) is 0 Å². The van der Waals surface area contributed by atoms with Crippen LogP contribution in [0, 0.1) is 0 Å². The van der Waals surface area contributed by atoms with E-state index in [-0.39, 0.29) is 10.8 Å². The molecule has 0 atom stereocenters. The van der Waals surface area contributed by atoms with Gasteiger partial charge in [-0.15, -0.1) is 0 Å². The molecular formula is C27H30O2. The van der Waals surface area contributed by atoms with Crippen LogP contribution in [-0.4, -0.2) is 11.7 Å². The Hall–Kier alpha value is -3.00. The summed E-state index contributed by atoms with van der Waals surface area (Å²) in [6.45, 7) is 13.1. The maximum atomic E-state index is 9.57. The minimum absolute atomic E-state index is 0.113. The van der Waals surface area contributed by atoms with Crippen LogP contribution in [0.5, 0.6) is 11.5 Å². The molecule has 0 amide bonds. The van der Waals surface area contributed by atoms with Gasteiger partial charge in [0.2, 0.25) is 0 Å². The van der Waals surface area contributed by atoms with Crippen LogP contribution in [0.1, 0.15) is 49.9 Å². The number of rotatable bonds is 7. The zero-order valence-corrected chi connectivity index (χ0v) is 17.8. The van der Waals surface area contributed by atoms with Crippen molar-refractivity contribution in [1.82, 2.24) is 0 Å². The normalized spacial score (nSPS) is 11.9. The second-order valence-electron chi connectivity index (χ2n) is 8.50. The van der Waals surface area contributed by atoms with Crippen molar-refractivity contribution in [2.75, 3.05) is 6.61 Å². The van der Waals surface area contributed by atoms with E-state index in [2.05, 4.69) is 70.7 Å². The molecule has 0 aliphatic heterocycles. The number of benzene rings is 3. The average Bonchev–Trinajstić information content (AvgIpc) is 2.73. The third-order valence-corrected chi connectivity index (χ3v) is 5.86. The summed E-state index contributed by atoms with van der Waals surface area (Å²) < 4.78 is 5.60. The second-order valence-corrected chi connectivity index (χ2v) is 8.50. The van der Waals surface area contributed by atoms with Gasteiger partial charge in [0.05, 0.1) is 0 Å². The van der Waals surface area contributed by atoms with Gasteiger partial charge in [0, 0.05) is 10.8 Å². The number of phenols is 1. The van der Waals surface area contributed by atoms with E-state index < -0.39 is 0 Å². The summed E-state index contributed by atoms with van der Waals surface area (Å²) >= 11 is 0. The SMILES string of the molecule is C=CCOc1ccc(C(C)(C)c2ccc(C(C)(C)c3ccc(O)cc3)cc2)cc1. The zero-order chi connectivity index (χ0) is 21.1. The monoisotopic (exact) mass is 386 g/mol. The number of phenolic OH excluding ortho intramolecular Hbond substituents is 1. The van der Waals surface area contributed by atoms with Crippen molar-refractivity contribution in [1.29, 1.82) is 0 Å². The fourth-order valence-corrected chi connectivity index (χ4v) is 3.64. The highest BCUT2D eigenvalue weighted by Gasteiger charge is 2.26. The lowest BCUT2D eigenvalue weighted by Crippen LogP contribution is -2.21. The molecule has 0 radical (unpaired) electrons. The Morgan fingerprint density at radius 1 is 0.690 bits per heavy atom. The van der Waals surface area contributed by atoms with Gasteiger partial charge in [0.1, 0.15) is 18.1 Å². The van der Waals surface area contributed by atoms with Gasteiger partial charge in [-0.25, -0.2) is 0 Å². The second kappa shape index (κ2) is 8.16. The lowest BCUT2D eigenvalue weighted by Gasteiger charge is -2.29. The molecule has 0 saturated heterocycles. The van der Waals surface area contributed by atoms with Gasteiger partial charge in [-0.2, -0.15) is 0 Å². The molecule has 0 unspecified atom stereocenters. The molecule has 0 aliphatic rings. The van der Waals surface area contributed by atoms with Crippen LogP contribution in [0.3, 0.4) is 0 Å². The molecule has 2 heteroatoms. The van der Waals surface area contributed by atoms with Gasteiger partial charge in [-0.1, -0.05) is 88.9 Å². The minimum Gasteiger partial charge on any atom is -0.508 e. The van der Waals surface area contributed by atoms with Crippen molar-refractivity contribution in [3.63, 3.8) is 0 Å². The fraction of sp³-hybridized carbons (Fsp3) is 0.259. The number of hydrogen-bond donors (Lipinski definition) is 1. The summed E-state index contributed by atoms with van der Waals surface area (Å²) in [7, 11) is 0. The molecule has 1 N–H and O–H groups in total. The number of hydrogen-bond acceptors (Lipinski definition) is 2. The minimum atomic E-state index is -0.138. The predicted molar refractivity (Wildman–Crippen MR) is 121 cm³/mol. The molecule has 3 aromatic rings. The maximum Gasteiger partial charge on any atom is 0.119 e. The predicted octanol–water partition coefficient (Wildman–Crippen LogP) is 6.61. The van der Waals surface area contributed by atoms with Crippen LogP contribution < -0.4 is 4.74 Å². The molecule has 150 valence electrons. The third kappa shape index (κ3) is 4.37. The van der Waals surface area contributed by atoms with E-state index in [1.54, 1.807) is 18.2 Å². The summed E-state index contributed by atoms with van der Waals surface area (Å²) in [5.74, 6) is 1.15. The molecule has 3 rings (SSSR count). The summed E-state index contributed by atoms with van der Waals surface area (Å²) in [6, 6.07) is 24.6. The van der Waals surface area contributed by atoms with Crippen molar-refractivity contribution in [3.05, 3.63) is 108 Å². The summed E-state index contributed by atoms with van der Waals surface area (Å²) in [4.78, 5) is 0. The van der Waals surface area contributed by atoms with E-state index in [4.69, 9.17) is 4.74 Å². The van der Waals surface area contributed by atoms with Crippen molar-refractivity contribution >= 4 is 0 Å². The molecular weight excluding hydrogens is 356 g/mol. The molecule has 29 heavy (non-hydrogen) atoms. The van der Waals surface area contributed by atoms with Crippen LogP contribution in [0.15, 0.2) is 85.5 Å². The molecule has 0 fully saturated rings. The molecule has 0 bridgehead atoms. The standard InChI is InChI=1S/C27H30O2/c1-6-19-29-25-17-13-23(14-18-25)27(4,5)21-9-7-20(8-10-21)26(2,3)22-11-15-24(28)16-12-22/h6-18,28H,1,19H2,2-5H3. The number of ether oxygens (including phenoxy) is 1. The van der Waals surface area contributed by atoms with E-state index in [0.717, 1.165) is 5.75 Å². The van der Waals surface area contributed by atoms with Crippen molar-refractivity contribution in [2.45, 2.75) is 38.5 Å². The topological polar surface area (TPSA) is 29.5 Å². The van der Waals surface area contributed by atoms with Crippen LogP contribution in [0.2, 0.25) is 0 Å². The first-order valence-electron chi connectivity index (χ1n) is 10.00. The van der Waals surface area contributed by atoms with Crippen LogP contribution in [0.25, 0.3) is 0 Å². The lowest BCUT2D eigenvalue weighted by molar-refractivity contribution is 0.363. The quantitative estimate of drug-likeness (QED) is 0.463. The lowest BCUT2D eigenvalue weighted by atomic mass is 9.74. The number of aromatic hydroxyl groups is 1. The van der Waals surface area contributed by atoms with Crippen LogP contribution in [-0.2, 0) is 10.8 Å². The maximum absolute atomic E-state index is 9.57. The van der Waals surface area contributed by atoms with E-state index in [9.17, 15) is 5.11 Å². The van der Waals surface area contributed by atoms with Gasteiger partial charge in [-0.3, -0.25) is 0 Å². The molecule has 0 aromatic heterocycles. The van der Waals surface area contributed by atoms with Crippen LogP contribution in [0.4, 0.5) is 0 Å². The van der Waals surface area contributed by atoms with E-state index in [1.165, 1.54) is 22.3 Å². The fourth-order valence-electron chi connectivity index (χ4n) is 3.64.